The highest BCUT2D eigenvalue weighted by Crippen LogP contribution is 2.41. The molecule has 2 aliphatic heterocycles. The number of esters is 1. The second-order valence-corrected chi connectivity index (χ2v) is 10.5. The van der Waals surface area contributed by atoms with Crippen molar-refractivity contribution in [2.24, 2.45) is 5.41 Å². The molecular formula is C23H36N2O6S. The summed E-state index contributed by atoms with van der Waals surface area (Å²) in [6.45, 7) is 8.24. The first-order chi connectivity index (χ1) is 15.5. The van der Waals surface area contributed by atoms with Gasteiger partial charge in [0.1, 0.15) is 0 Å². The first kappa shape index (κ1) is 25.1. The molecule has 0 saturated carbocycles. The topological polar surface area (TPSA) is 85.4 Å². The average Bonchev–Trinajstić information content (AvgIpc) is 3.19. The zero-order chi connectivity index (χ0) is 22.9. The number of carbonyl (C=O) groups excluding carboxylic acids is 1. The molecule has 0 unspecified atom stereocenters. The molecule has 32 heavy (non-hydrogen) atoms. The molecule has 2 saturated heterocycles. The van der Waals surface area contributed by atoms with E-state index in [1.807, 2.05) is 6.07 Å². The van der Waals surface area contributed by atoms with Crippen LogP contribution in [0.25, 0.3) is 0 Å². The average molecular weight is 469 g/mol. The second-order valence-electron chi connectivity index (χ2n) is 8.52. The van der Waals surface area contributed by atoms with Gasteiger partial charge in [-0.25, -0.2) is 8.42 Å². The maximum absolute atomic E-state index is 12.9. The number of nitrogens with zero attached hydrogens (tertiary/aromatic N) is 2. The number of hydrogen-bond donors (Lipinski definition) is 0. The van der Waals surface area contributed by atoms with Gasteiger partial charge in [-0.15, -0.1) is 0 Å². The zero-order valence-electron chi connectivity index (χ0n) is 19.0. The van der Waals surface area contributed by atoms with Gasteiger partial charge in [-0.3, -0.25) is 4.79 Å². The fourth-order valence-corrected chi connectivity index (χ4v) is 5.94. The summed E-state index contributed by atoms with van der Waals surface area (Å²) in [5.41, 5.74) is 0.221. The van der Waals surface area contributed by atoms with Crippen LogP contribution in [0.1, 0.15) is 32.6 Å². The van der Waals surface area contributed by atoms with E-state index in [2.05, 4.69) is 4.90 Å². The van der Waals surface area contributed by atoms with Gasteiger partial charge in [-0.2, -0.15) is 4.31 Å². The molecular weight excluding hydrogens is 432 g/mol. The molecule has 1 aromatic carbocycles. The van der Waals surface area contributed by atoms with Gasteiger partial charge in [-0.1, -0.05) is 18.2 Å². The summed E-state index contributed by atoms with van der Waals surface area (Å²) >= 11 is 0. The van der Waals surface area contributed by atoms with Gasteiger partial charge < -0.3 is 19.1 Å². The largest absolute Gasteiger partial charge is 0.466 e. The van der Waals surface area contributed by atoms with Gasteiger partial charge in [0.15, 0.2) is 0 Å². The SMILES string of the molecule is CCOC(=O)CCOCCOCCN1CCC2(CCN(S(=O)(=O)c3ccccc3)CC2)C1. The number of sulfonamides is 1. The Hall–Kier alpha value is -1.52. The lowest BCUT2D eigenvalue weighted by molar-refractivity contribution is -0.144. The third-order valence-corrected chi connectivity index (χ3v) is 8.27. The third-order valence-electron chi connectivity index (χ3n) is 6.36. The summed E-state index contributed by atoms with van der Waals surface area (Å²) in [6, 6.07) is 8.71. The molecule has 3 rings (SSSR count). The molecule has 1 spiro atoms. The molecule has 180 valence electrons. The van der Waals surface area contributed by atoms with Crippen LogP contribution in [-0.4, -0.2) is 89.4 Å². The highest BCUT2D eigenvalue weighted by Gasteiger charge is 2.42. The summed E-state index contributed by atoms with van der Waals surface area (Å²) in [5, 5.41) is 0. The molecule has 0 aliphatic carbocycles. The lowest BCUT2D eigenvalue weighted by Crippen LogP contribution is -2.44. The maximum Gasteiger partial charge on any atom is 0.308 e. The van der Waals surface area contributed by atoms with E-state index >= 15 is 0 Å². The molecule has 2 fully saturated rings. The first-order valence-corrected chi connectivity index (χ1v) is 13.0. The molecule has 1 aromatic rings. The van der Waals surface area contributed by atoms with E-state index in [4.69, 9.17) is 14.2 Å². The van der Waals surface area contributed by atoms with Crippen LogP contribution in [-0.2, 0) is 29.0 Å². The van der Waals surface area contributed by atoms with Crippen LogP contribution in [0.15, 0.2) is 35.2 Å². The van der Waals surface area contributed by atoms with Crippen molar-refractivity contribution < 1.29 is 27.4 Å². The van der Waals surface area contributed by atoms with Crippen molar-refractivity contribution in [1.29, 1.82) is 0 Å². The van der Waals surface area contributed by atoms with Gasteiger partial charge in [0.05, 0.1) is 44.4 Å². The molecule has 2 heterocycles. The van der Waals surface area contributed by atoms with Crippen molar-refractivity contribution in [2.45, 2.75) is 37.5 Å². The van der Waals surface area contributed by atoms with E-state index in [1.165, 1.54) is 0 Å². The van der Waals surface area contributed by atoms with E-state index in [1.54, 1.807) is 35.5 Å². The lowest BCUT2D eigenvalue weighted by atomic mass is 9.78. The molecule has 0 aromatic heterocycles. The summed E-state index contributed by atoms with van der Waals surface area (Å²) in [5.74, 6) is -0.236. The quantitative estimate of drug-likeness (QED) is 0.343. The van der Waals surface area contributed by atoms with E-state index in [-0.39, 0.29) is 17.8 Å². The van der Waals surface area contributed by atoms with E-state index < -0.39 is 10.0 Å². The highest BCUT2D eigenvalue weighted by atomic mass is 32.2. The number of piperidine rings is 1. The number of benzene rings is 1. The number of hydrogen-bond acceptors (Lipinski definition) is 7. The van der Waals surface area contributed by atoms with Crippen molar-refractivity contribution >= 4 is 16.0 Å². The smallest absolute Gasteiger partial charge is 0.308 e. The maximum atomic E-state index is 12.9. The Kier molecular flexibility index (Phi) is 9.48. The second kappa shape index (κ2) is 12.1. The Bertz CT molecular complexity index is 809. The molecule has 0 radical (unpaired) electrons. The Balaban J connectivity index is 1.29. The number of rotatable bonds is 12. The number of carbonyl (C=O) groups is 1. The van der Waals surface area contributed by atoms with E-state index in [9.17, 15) is 13.2 Å². The van der Waals surface area contributed by atoms with Crippen LogP contribution in [0.2, 0.25) is 0 Å². The third kappa shape index (κ3) is 6.99. The molecule has 0 bridgehead atoms. The summed E-state index contributed by atoms with van der Waals surface area (Å²) in [7, 11) is -3.39. The minimum Gasteiger partial charge on any atom is -0.466 e. The highest BCUT2D eigenvalue weighted by molar-refractivity contribution is 7.89. The van der Waals surface area contributed by atoms with Crippen LogP contribution in [0, 0.1) is 5.41 Å². The van der Waals surface area contributed by atoms with Crippen LogP contribution in [0.3, 0.4) is 0 Å². The van der Waals surface area contributed by atoms with Crippen molar-refractivity contribution in [3.05, 3.63) is 30.3 Å². The minimum atomic E-state index is -3.39. The molecule has 8 nitrogen and oxygen atoms in total. The van der Waals surface area contributed by atoms with Crippen molar-refractivity contribution in [2.75, 3.05) is 65.8 Å². The minimum absolute atomic E-state index is 0.221. The van der Waals surface area contributed by atoms with Crippen LogP contribution >= 0.6 is 0 Å². The fourth-order valence-electron chi connectivity index (χ4n) is 4.47. The lowest BCUT2D eigenvalue weighted by Gasteiger charge is -2.38. The van der Waals surface area contributed by atoms with Gasteiger partial charge in [-0.05, 0) is 50.3 Å². The fraction of sp³-hybridized carbons (Fsp3) is 0.696. The monoisotopic (exact) mass is 468 g/mol. The van der Waals surface area contributed by atoms with Gasteiger partial charge in [0, 0.05) is 26.2 Å². The Morgan fingerprint density at radius 3 is 2.31 bits per heavy atom. The normalized spacial score (nSPS) is 19.4. The molecule has 0 atom stereocenters. The van der Waals surface area contributed by atoms with E-state index in [0.717, 1.165) is 38.9 Å². The predicted octanol–water partition coefficient (Wildman–Crippen LogP) is 2.15. The number of ether oxygens (including phenoxy) is 3. The molecule has 9 heteroatoms. The van der Waals surface area contributed by atoms with Gasteiger partial charge in [0.25, 0.3) is 0 Å². The van der Waals surface area contributed by atoms with Crippen LogP contribution in [0.5, 0.6) is 0 Å². The van der Waals surface area contributed by atoms with E-state index in [0.29, 0.717) is 51.0 Å². The van der Waals surface area contributed by atoms with Crippen molar-refractivity contribution in [1.82, 2.24) is 9.21 Å². The molecule has 2 aliphatic rings. The van der Waals surface area contributed by atoms with Gasteiger partial charge >= 0.3 is 5.97 Å². The van der Waals surface area contributed by atoms with Crippen molar-refractivity contribution in [3.63, 3.8) is 0 Å². The summed E-state index contributed by atoms with van der Waals surface area (Å²) in [4.78, 5) is 14.0. The number of likely N-dealkylation sites (tertiary alicyclic amines) is 1. The standard InChI is InChI=1S/C23H36N2O6S/c1-2-31-22(26)8-16-29-18-19-30-17-15-24-12-9-23(20-24)10-13-25(14-11-23)32(27,28)21-6-4-3-5-7-21/h3-7H,2,8-20H2,1H3. The summed E-state index contributed by atoms with van der Waals surface area (Å²) in [6.07, 6.45) is 3.20. The van der Waals surface area contributed by atoms with Crippen LogP contribution < -0.4 is 0 Å². The summed E-state index contributed by atoms with van der Waals surface area (Å²) < 4.78 is 43.2. The zero-order valence-corrected chi connectivity index (χ0v) is 19.9. The Labute approximate surface area is 191 Å². The Morgan fingerprint density at radius 1 is 0.969 bits per heavy atom. The predicted molar refractivity (Wildman–Crippen MR) is 121 cm³/mol. The Morgan fingerprint density at radius 2 is 1.62 bits per heavy atom. The van der Waals surface area contributed by atoms with Gasteiger partial charge in [0.2, 0.25) is 10.0 Å². The molecule has 0 N–H and O–H groups in total. The van der Waals surface area contributed by atoms with Crippen LogP contribution in [0.4, 0.5) is 0 Å². The van der Waals surface area contributed by atoms with Crippen molar-refractivity contribution in [3.8, 4) is 0 Å². The first-order valence-electron chi connectivity index (χ1n) is 11.5. The molecule has 0 amide bonds.